The van der Waals surface area contributed by atoms with Crippen LogP contribution in [0, 0.1) is 0 Å². The van der Waals surface area contributed by atoms with Crippen molar-refractivity contribution in [3.63, 3.8) is 0 Å². The van der Waals surface area contributed by atoms with E-state index in [9.17, 15) is 38.7 Å². The molecule has 0 unspecified atom stereocenters. The fourth-order valence-electron chi connectivity index (χ4n) is 7.51. The predicted octanol–water partition coefficient (Wildman–Crippen LogP) is 12.3. The molecule has 7 rings (SSSR count). The lowest BCUT2D eigenvalue weighted by molar-refractivity contribution is 0.0591. The molecule has 0 aliphatic rings. The maximum atomic E-state index is 13.4. The lowest BCUT2D eigenvalue weighted by Gasteiger charge is -2.20. The van der Waals surface area contributed by atoms with E-state index in [-0.39, 0.29) is 75.4 Å². The summed E-state index contributed by atoms with van der Waals surface area (Å²) in [5.74, 6) is -2.01. The Balaban J connectivity index is 0.000000277. The SMILES string of the molecule is COC(=O)c1ccc(NC(=O)c2ccc(NC(=O)OC(C)(C)C)c(OC)c2)c(OCc2ccccc2)c1.COC(=O)c1ccc(NC(=O)c2ccc(NC(=O)c3ccc(NC(=O)OC(C)(C)C)c(OC)c3)c(OCc3ccccc3)c2)c(O)c1. The van der Waals surface area contributed by atoms with Crippen LogP contribution >= 0.6 is 0 Å². The van der Waals surface area contributed by atoms with Crippen LogP contribution < -0.4 is 45.5 Å². The Labute approximate surface area is 485 Å². The summed E-state index contributed by atoms with van der Waals surface area (Å²) in [6.45, 7) is 10.9. The number of methoxy groups -OCH3 is 4. The van der Waals surface area contributed by atoms with Gasteiger partial charge in [0.1, 0.15) is 53.2 Å². The number of rotatable bonds is 18. The molecule has 0 aliphatic carbocycles. The smallest absolute Gasteiger partial charge is 0.412 e. The zero-order valence-corrected chi connectivity index (χ0v) is 47.9. The first-order valence-electron chi connectivity index (χ1n) is 25.9. The molecule has 0 radical (unpaired) electrons. The van der Waals surface area contributed by atoms with Crippen LogP contribution in [0.2, 0.25) is 0 Å². The van der Waals surface area contributed by atoms with Crippen molar-refractivity contribution in [3.8, 4) is 28.7 Å². The average Bonchev–Trinajstić information content (AvgIpc) is 3.50. The summed E-state index contributed by atoms with van der Waals surface area (Å²) < 4.78 is 42.7. The maximum Gasteiger partial charge on any atom is 0.412 e. The van der Waals surface area contributed by atoms with Gasteiger partial charge in [-0.3, -0.25) is 25.0 Å². The summed E-state index contributed by atoms with van der Waals surface area (Å²) in [6, 6.07) is 40.9. The lowest BCUT2D eigenvalue weighted by atomic mass is 10.1. The number of phenols is 1. The molecule has 0 saturated heterocycles. The van der Waals surface area contributed by atoms with Crippen molar-refractivity contribution in [1.29, 1.82) is 0 Å². The van der Waals surface area contributed by atoms with E-state index in [2.05, 4.69) is 31.3 Å². The Bertz CT molecular complexity index is 3500. The minimum absolute atomic E-state index is 0.0744. The first-order chi connectivity index (χ1) is 40.0. The van der Waals surface area contributed by atoms with Crippen molar-refractivity contribution >= 4 is 70.3 Å². The third-order valence-electron chi connectivity index (χ3n) is 11.5. The highest BCUT2D eigenvalue weighted by Crippen LogP contribution is 2.33. The van der Waals surface area contributed by atoms with E-state index in [1.54, 1.807) is 53.7 Å². The number of benzene rings is 7. The van der Waals surface area contributed by atoms with Crippen molar-refractivity contribution in [1.82, 2.24) is 0 Å². The molecule has 0 atom stereocenters. The molecule has 0 bridgehead atoms. The number of esters is 2. The van der Waals surface area contributed by atoms with Gasteiger partial charge in [0.05, 0.1) is 68.0 Å². The summed E-state index contributed by atoms with van der Waals surface area (Å²) in [5, 5.41) is 23.8. The molecule has 7 aromatic rings. The highest BCUT2D eigenvalue weighted by Gasteiger charge is 2.23. The predicted molar refractivity (Wildman–Crippen MR) is 315 cm³/mol. The van der Waals surface area contributed by atoms with E-state index in [1.807, 2.05) is 60.7 Å². The van der Waals surface area contributed by atoms with Gasteiger partial charge in [0.25, 0.3) is 17.7 Å². The molecule has 0 aliphatic heterocycles. The average molecular weight is 1150 g/mol. The van der Waals surface area contributed by atoms with Crippen LogP contribution in [0.15, 0.2) is 152 Å². The Morgan fingerprint density at radius 1 is 0.381 bits per heavy atom. The molecule has 84 heavy (non-hydrogen) atoms. The van der Waals surface area contributed by atoms with E-state index in [1.165, 1.54) is 107 Å². The summed E-state index contributed by atoms with van der Waals surface area (Å²) in [7, 11) is 5.34. The monoisotopic (exact) mass is 1150 g/mol. The summed E-state index contributed by atoms with van der Waals surface area (Å²) >= 11 is 0. The maximum absolute atomic E-state index is 13.4. The van der Waals surface area contributed by atoms with Crippen molar-refractivity contribution in [2.75, 3.05) is 55.0 Å². The number of hydrogen-bond acceptors (Lipinski definition) is 16. The summed E-state index contributed by atoms with van der Waals surface area (Å²) in [4.78, 5) is 87.8. The molecular formula is C63H65N5O16. The normalized spacial score (nSPS) is 10.7. The van der Waals surface area contributed by atoms with E-state index in [4.69, 9.17) is 33.2 Å². The van der Waals surface area contributed by atoms with Crippen molar-refractivity contribution in [2.45, 2.75) is 66.0 Å². The van der Waals surface area contributed by atoms with Gasteiger partial charge in [0.2, 0.25) is 0 Å². The summed E-state index contributed by atoms with van der Waals surface area (Å²) in [6.07, 6.45) is -1.32. The van der Waals surface area contributed by atoms with E-state index in [0.717, 1.165) is 11.1 Å². The molecule has 5 amide bonds. The number of hydrogen-bond donors (Lipinski definition) is 6. The van der Waals surface area contributed by atoms with Gasteiger partial charge >= 0.3 is 24.1 Å². The molecule has 6 N–H and O–H groups in total. The van der Waals surface area contributed by atoms with Crippen LogP contribution in [-0.4, -0.2) is 86.6 Å². The number of aromatic hydroxyl groups is 1. The first-order valence-corrected chi connectivity index (χ1v) is 25.9. The number of carbonyl (C=O) groups is 7. The van der Waals surface area contributed by atoms with Gasteiger partial charge < -0.3 is 59.0 Å². The Morgan fingerprint density at radius 2 is 0.690 bits per heavy atom. The number of ether oxygens (including phenoxy) is 8. The van der Waals surface area contributed by atoms with Crippen LogP contribution in [0.25, 0.3) is 0 Å². The van der Waals surface area contributed by atoms with Crippen molar-refractivity contribution in [3.05, 3.63) is 191 Å². The highest BCUT2D eigenvalue weighted by molar-refractivity contribution is 6.09. The molecule has 0 saturated carbocycles. The minimum atomic E-state index is -0.702. The standard InChI is InChI=1S/C35H35N3O9.C28H30N2O7/c1-35(2,3)47-34(43)38-26-15-11-22(18-29(26)44-4)32(41)37-27-16-12-23(19-30(27)46-20-21-9-7-6-8-10-21)31(40)36-25-14-13-24(17-28(25)39)33(42)45-5;1-28(2,3)37-27(33)30-21-13-11-19(15-23(21)34-4)25(31)29-22-14-12-20(26(32)35-5)16-24(22)36-17-18-9-7-6-8-10-18/h6-19,39H,20H2,1-5H3,(H,36,40)(H,37,41)(H,38,43);6-16H,17H2,1-5H3,(H,29,31)(H,30,33). The number of nitrogens with one attached hydrogen (secondary N) is 5. The second-order valence-electron chi connectivity index (χ2n) is 20.1. The quantitative estimate of drug-likeness (QED) is 0.0265. The van der Waals surface area contributed by atoms with E-state index < -0.39 is 53.0 Å². The molecule has 21 heteroatoms. The zero-order valence-electron chi connectivity index (χ0n) is 47.9. The molecule has 0 fully saturated rings. The number of phenolic OH excluding ortho intramolecular Hbond substituents is 1. The fraction of sp³-hybridized carbons (Fsp3) is 0.222. The van der Waals surface area contributed by atoms with Gasteiger partial charge in [-0.05, 0) is 144 Å². The molecular weight excluding hydrogens is 1080 g/mol. The fourth-order valence-corrected chi connectivity index (χ4v) is 7.51. The zero-order chi connectivity index (χ0) is 61.1. The number of amides is 5. The van der Waals surface area contributed by atoms with Crippen LogP contribution in [0.1, 0.15) is 104 Å². The molecule has 0 heterocycles. The number of anilines is 5. The van der Waals surface area contributed by atoms with E-state index in [0.29, 0.717) is 22.8 Å². The van der Waals surface area contributed by atoms with Gasteiger partial charge in [0.15, 0.2) is 0 Å². The number of carbonyl (C=O) groups excluding carboxylic acids is 7. The third-order valence-corrected chi connectivity index (χ3v) is 11.5. The Morgan fingerprint density at radius 3 is 1.04 bits per heavy atom. The van der Waals surface area contributed by atoms with Gasteiger partial charge in [-0.1, -0.05) is 60.7 Å². The van der Waals surface area contributed by atoms with Crippen LogP contribution in [0.3, 0.4) is 0 Å². The lowest BCUT2D eigenvalue weighted by Crippen LogP contribution is -2.27. The summed E-state index contributed by atoms with van der Waals surface area (Å²) in [5.41, 5.74) is 2.85. The van der Waals surface area contributed by atoms with Gasteiger partial charge in [-0.25, -0.2) is 19.2 Å². The molecule has 21 nitrogen and oxygen atoms in total. The first kappa shape index (κ1) is 62.6. The molecule has 0 spiro atoms. The van der Waals surface area contributed by atoms with Crippen LogP contribution in [0.5, 0.6) is 28.7 Å². The Kier molecular flexibility index (Phi) is 21.4. The third kappa shape index (κ3) is 18.5. The van der Waals surface area contributed by atoms with Gasteiger partial charge in [0, 0.05) is 16.7 Å². The topological polar surface area (TPSA) is 274 Å². The minimum Gasteiger partial charge on any atom is -0.506 e. The highest BCUT2D eigenvalue weighted by atomic mass is 16.6. The van der Waals surface area contributed by atoms with Crippen molar-refractivity contribution in [2.24, 2.45) is 0 Å². The molecule has 7 aromatic carbocycles. The second-order valence-corrected chi connectivity index (χ2v) is 20.1. The molecule has 0 aromatic heterocycles. The second kappa shape index (κ2) is 28.7. The van der Waals surface area contributed by atoms with Gasteiger partial charge in [-0.2, -0.15) is 0 Å². The van der Waals surface area contributed by atoms with E-state index >= 15 is 0 Å². The molecule has 438 valence electrons. The largest absolute Gasteiger partial charge is 0.506 e. The van der Waals surface area contributed by atoms with Crippen LogP contribution in [-0.2, 0) is 32.2 Å². The van der Waals surface area contributed by atoms with Gasteiger partial charge in [-0.15, -0.1) is 0 Å². The van der Waals surface area contributed by atoms with Crippen molar-refractivity contribution < 1.29 is 76.6 Å². The Hall–Kier alpha value is -10.6. The van der Waals surface area contributed by atoms with Crippen LogP contribution in [0.4, 0.5) is 38.0 Å².